The Hall–Kier alpha value is -3.33. The number of hydrogen-bond donors (Lipinski definition) is 1. The van der Waals surface area contributed by atoms with Gasteiger partial charge in [-0.05, 0) is 75.1 Å². The number of carbonyl (C=O) groups excluding carboxylic acids is 1. The Morgan fingerprint density at radius 2 is 1.47 bits per heavy atom. The van der Waals surface area contributed by atoms with Crippen LogP contribution in [0.15, 0.2) is 66.7 Å². The standard InChI is InChI=1S/C33H37NO2/c1-22-19-29-30(33(4,5)17-16-32(29,2)3)20-23(22)11-10-18-34-31(35)36-21-28-26-14-8-6-12-24(26)25-13-7-9-15-27(25)28/h6-15,19-20,28H,16-18,21H2,1-5H3,(H,34,35). The van der Waals surface area contributed by atoms with E-state index >= 15 is 0 Å². The van der Waals surface area contributed by atoms with Gasteiger partial charge in [-0.2, -0.15) is 0 Å². The lowest BCUT2D eigenvalue weighted by Gasteiger charge is -2.42. The van der Waals surface area contributed by atoms with Gasteiger partial charge < -0.3 is 10.1 Å². The average Bonchev–Trinajstić information content (AvgIpc) is 3.18. The minimum atomic E-state index is -0.383. The van der Waals surface area contributed by atoms with E-state index in [-0.39, 0.29) is 22.8 Å². The van der Waals surface area contributed by atoms with Crippen LogP contribution in [-0.2, 0) is 15.6 Å². The van der Waals surface area contributed by atoms with Gasteiger partial charge in [0.25, 0.3) is 0 Å². The summed E-state index contributed by atoms with van der Waals surface area (Å²) in [7, 11) is 0. The molecule has 0 bridgehead atoms. The molecule has 0 fully saturated rings. The number of amides is 1. The van der Waals surface area contributed by atoms with Gasteiger partial charge in [0.2, 0.25) is 0 Å². The number of nitrogens with one attached hydrogen (secondary N) is 1. The summed E-state index contributed by atoms with van der Waals surface area (Å²) in [5.41, 5.74) is 10.7. The van der Waals surface area contributed by atoms with E-state index < -0.39 is 0 Å². The fourth-order valence-electron chi connectivity index (χ4n) is 5.90. The van der Waals surface area contributed by atoms with Crippen molar-refractivity contribution in [2.75, 3.05) is 13.2 Å². The quantitative estimate of drug-likeness (QED) is 0.404. The van der Waals surface area contributed by atoms with E-state index in [1.54, 1.807) is 0 Å². The summed E-state index contributed by atoms with van der Waals surface area (Å²) in [6.07, 6.45) is 6.16. The Morgan fingerprint density at radius 1 is 0.917 bits per heavy atom. The molecule has 0 saturated carbocycles. The molecular weight excluding hydrogens is 442 g/mol. The molecule has 0 aromatic heterocycles. The zero-order valence-electron chi connectivity index (χ0n) is 22.2. The smallest absolute Gasteiger partial charge is 0.407 e. The van der Waals surface area contributed by atoms with Crippen molar-refractivity contribution in [1.82, 2.24) is 5.32 Å². The van der Waals surface area contributed by atoms with Crippen molar-refractivity contribution in [2.24, 2.45) is 0 Å². The summed E-state index contributed by atoms with van der Waals surface area (Å²) in [6, 6.07) is 21.5. The number of carbonyl (C=O) groups is 1. The Labute approximate surface area is 215 Å². The van der Waals surface area contributed by atoms with Crippen molar-refractivity contribution in [3.05, 3.63) is 100 Å². The number of rotatable bonds is 5. The molecule has 3 heteroatoms. The van der Waals surface area contributed by atoms with Crippen LogP contribution in [0.3, 0.4) is 0 Å². The van der Waals surface area contributed by atoms with Gasteiger partial charge in [-0.15, -0.1) is 0 Å². The van der Waals surface area contributed by atoms with Crippen molar-refractivity contribution in [3.8, 4) is 11.1 Å². The molecule has 0 atom stereocenters. The van der Waals surface area contributed by atoms with E-state index in [0.29, 0.717) is 13.2 Å². The second kappa shape index (κ2) is 9.28. The summed E-state index contributed by atoms with van der Waals surface area (Å²) in [6.45, 7) is 12.4. The predicted molar refractivity (Wildman–Crippen MR) is 149 cm³/mol. The predicted octanol–water partition coefficient (Wildman–Crippen LogP) is 7.90. The van der Waals surface area contributed by atoms with Crippen molar-refractivity contribution in [2.45, 2.75) is 64.2 Å². The van der Waals surface area contributed by atoms with Gasteiger partial charge in [0, 0.05) is 12.5 Å². The summed E-state index contributed by atoms with van der Waals surface area (Å²) >= 11 is 0. The lowest BCUT2D eigenvalue weighted by atomic mass is 9.62. The van der Waals surface area contributed by atoms with Crippen LogP contribution in [0.4, 0.5) is 4.79 Å². The number of hydrogen-bond acceptors (Lipinski definition) is 2. The van der Waals surface area contributed by atoms with Gasteiger partial charge in [-0.25, -0.2) is 4.79 Å². The molecule has 36 heavy (non-hydrogen) atoms. The van der Waals surface area contributed by atoms with Crippen LogP contribution in [0, 0.1) is 6.92 Å². The summed E-state index contributed by atoms with van der Waals surface area (Å²) in [4.78, 5) is 12.5. The molecule has 0 heterocycles. The molecule has 3 nitrogen and oxygen atoms in total. The van der Waals surface area contributed by atoms with Crippen LogP contribution >= 0.6 is 0 Å². The van der Waals surface area contributed by atoms with E-state index in [4.69, 9.17) is 4.74 Å². The second-order valence-electron chi connectivity index (χ2n) is 11.6. The highest BCUT2D eigenvalue weighted by Crippen LogP contribution is 2.47. The van der Waals surface area contributed by atoms with E-state index in [1.807, 2.05) is 18.2 Å². The van der Waals surface area contributed by atoms with Crippen LogP contribution in [0.1, 0.15) is 79.8 Å². The Morgan fingerprint density at radius 3 is 2.08 bits per heavy atom. The first-order valence-corrected chi connectivity index (χ1v) is 13.1. The lowest BCUT2D eigenvalue weighted by Crippen LogP contribution is -2.34. The monoisotopic (exact) mass is 479 g/mol. The zero-order chi connectivity index (χ0) is 25.5. The van der Waals surface area contributed by atoms with Gasteiger partial charge in [0.05, 0.1) is 0 Å². The summed E-state index contributed by atoms with van der Waals surface area (Å²) in [5.74, 6) is 0.0736. The molecule has 0 spiro atoms. The number of benzene rings is 3. The number of fused-ring (bicyclic) bond motifs is 4. The maximum atomic E-state index is 12.5. The highest BCUT2D eigenvalue weighted by Gasteiger charge is 2.37. The van der Waals surface area contributed by atoms with E-state index in [0.717, 1.165) is 0 Å². The van der Waals surface area contributed by atoms with Crippen LogP contribution < -0.4 is 5.32 Å². The Bertz CT molecular complexity index is 1290. The van der Waals surface area contributed by atoms with E-state index in [1.165, 1.54) is 57.3 Å². The Balaban J connectivity index is 1.21. The molecule has 0 radical (unpaired) electrons. The SMILES string of the molecule is Cc1cc2c(cc1C=CCNC(=O)OCC1c3ccccc3-c3ccccc31)C(C)(C)CCC2(C)C. The molecular formula is C33H37NO2. The minimum Gasteiger partial charge on any atom is -0.449 e. The molecule has 3 aromatic rings. The zero-order valence-corrected chi connectivity index (χ0v) is 22.2. The molecule has 3 aromatic carbocycles. The number of ether oxygens (including phenoxy) is 1. The van der Waals surface area contributed by atoms with Crippen LogP contribution in [0.5, 0.6) is 0 Å². The molecule has 186 valence electrons. The number of aryl methyl sites for hydroxylation is 1. The molecule has 1 amide bonds. The normalized spacial score (nSPS) is 17.4. The van der Waals surface area contributed by atoms with Crippen molar-refractivity contribution < 1.29 is 9.53 Å². The van der Waals surface area contributed by atoms with E-state index in [9.17, 15) is 4.79 Å². The third-order valence-corrected chi connectivity index (χ3v) is 8.24. The summed E-state index contributed by atoms with van der Waals surface area (Å²) < 4.78 is 5.66. The van der Waals surface area contributed by atoms with Gasteiger partial charge in [-0.3, -0.25) is 0 Å². The molecule has 0 saturated heterocycles. The van der Waals surface area contributed by atoms with Crippen molar-refractivity contribution in [3.63, 3.8) is 0 Å². The molecule has 0 unspecified atom stereocenters. The Kier molecular flexibility index (Phi) is 6.28. The molecule has 5 rings (SSSR count). The first kappa shape index (κ1) is 24.4. The largest absolute Gasteiger partial charge is 0.449 e. The van der Waals surface area contributed by atoms with Gasteiger partial charge in [0.15, 0.2) is 0 Å². The highest BCUT2D eigenvalue weighted by atomic mass is 16.5. The van der Waals surface area contributed by atoms with Gasteiger partial charge >= 0.3 is 6.09 Å². The maximum Gasteiger partial charge on any atom is 0.407 e. The first-order chi connectivity index (χ1) is 17.2. The fraction of sp³-hybridized carbons (Fsp3) is 0.364. The average molecular weight is 480 g/mol. The van der Waals surface area contributed by atoms with E-state index in [2.05, 4.69) is 94.5 Å². The van der Waals surface area contributed by atoms with Crippen molar-refractivity contribution in [1.29, 1.82) is 0 Å². The van der Waals surface area contributed by atoms with Gasteiger partial charge in [0.1, 0.15) is 6.61 Å². The lowest BCUT2D eigenvalue weighted by molar-refractivity contribution is 0.144. The molecule has 2 aliphatic rings. The van der Waals surface area contributed by atoms with Crippen molar-refractivity contribution >= 4 is 12.2 Å². The third kappa shape index (κ3) is 4.48. The number of alkyl carbamates (subject to hydrolysis) is 1. The second-order valence-corrected chi connectivity index (χ2v) is 11.6. The fourth-order valence-corrected chi connectivity index (χ4v) is 5.90. The third-order valence-electron chi connectivity index (χ3n) is 8.24. The molecule has 1 N–H and O–H groups in total. The van der Waals surface area contributed by atoms with Gasteiger partial charge in [-0.1, -0.05) is 101 Å². The topological polar surface area (TPSA) is 38.3 Å². The highest BCUT2D eigenvalue weighted by molar-refractivity contribution is 5.79. The molecule has 0 aliphatic heterocycles. The first-order valence-electron chi connectivity index (χ1n) is 13.1. The molecule has 2 aliphatic carbocycles. The van der Waals surface area contributed by atoms with Crippen LogP contribution in [0.2, 0.25) is 0 Å². The minimum absolute atomic E-state index is 0.0736. The summed E-state index contributed by atoms with van der Waals surface area (Å²) in [5, 5.41) is 2.89. The maximum absolute atomic E-state index is 12.5. The van der Waals surface area contributed by atoms with Crippen LogP contribution in [0.25, 0.3) is 17.2 Å². The van der Waals surface area contributed by atoms with Crippen LogP contribution in [-0.4, -0.2) is 19.2 Å².